The van der Waals surface area contributed by atoms with Crippen molar-refractivity contribution in [3.05, 3.63) is 80.5 Å². The van der Waals surface area contributed by atoms with Gasteiger partial charge in [-0.15, -0.1) is 0 Å². The van der Waals surface area contributed by atoms with Crippen LogP contribution in [0.2, 0.25) is 0 Å². The lowest BCUT2D eigenvalue weighted by atomic mass is 10.1. The predicted molar refractivity (Wildman–Crippen MR) is 101 cm³/mol. The highest BCUT2D eigenvalue weighted by atomic mass is 79.9. The lowest BCUT2D eigenvalue weighted by molar-refractivity contribution is -0.384. The number of halogens is 4. The number of benzene rings is 2. The quantitative estimate of drug-likeness (QED) is 0.288. The molecule has 0 unspecified atom stereocenters. The van der Waals surface area contributed by atoms with E-state index in [0.29, 0.717) is 11.4 Å². The molecule has 2 aromatic carbocycles. The lowest BCUT2D eigenvalue weighted by Gasteiger charge is -2.10. The summed E-state index contributed by atoms with van der Waals surface area (Å²) in [5.74, 6) is 0.579. The van der Waals surface area contributed by atoms with Crippen LogP contribution in [0.5, 0.6) is 0 Å². The van der Waals surface area contributed by atoms with Crippen molar-refractivity contribution >= 4 is 33.5 Å². The summed E-state index contributed by atoms with van der Waals surface area (Å²) in [6, 6.07) is 12.6. The molecule has 0 radical (unpaired) electrons. The van der Waals surface area contributed by atoms with Crippen molar-refractivity contribution in [2.75, 3.05) is 5.43 Å². The van der Waals surface area contributed by atoms with Crippen LogP contribution in [-0.2, 0) is 6.18 Å². The second kappa shape index (κ2) is 7.85. The molecule has 1 aromatic heterocycles. The number of alkyl halides is 3. The number of rotatable bonds is 5. The van der Waals surface area contributed by atoms with Gasteiger partial charge in [0.05, 0.1) is 22.4 Å². The van der Waals surface area contributed by atoms with E-state index in [1.807, 2.05) is 0 Å². The predicted octanol–water partition coefficient (Wildman–Crippen LogP) is 6.08. The topological polar surface area (TPSA) is 80.7 Å². The number of nitrogens with zero attached hydrogens (tertiary/aromatic N) is 2. The van der Waals surface area contributed by atoms with Crippen molar-refractivity contribution in [2.24, 2.45) is 5.10 Å². The van der Waals surface area contributed by atoms with Gasteiger partial charge in [0.15, 0.2) is 0 Å². The summed E-state index contributed by atoms with van der Waals surface area (Å²) in [5.41, 5.74) is 2.64. The molecule has 0 atom stereocenters. The average Bonchev–Trinajstić information content (AvgIpc) is 3.10. The number of hydrogen-bond donors (Lipinski definition) is 1. The van der Waals surface area contributed by atoms with Crippen LogP contribution in [0.15, 0.2) is 68.6 Å². The van der Waals surface area contributed by atoms with Gasteiger partial charge >= 0.3 is 6.18 Å². The molecule has 0 aliphatic heterocycles. The summed E-state index contributed by atoms with van der Waals surface area (Å²) in [4.78, 5) is 10.1. The highest BCUT2D eigenvalue weighted by Gasteiger charge is 2.33. The van der Waals surface area contributed by atoms with Crippen molar-refractivity contribution in [3.8, 4) is 11.3 Å². The number of anilines is 1. The minimum Gasteiger partial charge on any atom is -0.455 e. The Bertz CT molecular complexity index is 1030. The average molecular weight is 454 g/mol. The molecule has 0 amide bonds. The van der Waals surface area contributed by atoms with Gasteiger partial charge in [-0.3, -0.25) is 15.5 Å². The van der Waals surface area contributed by atoms with Crippen molar-refractivity contribution in [3.63, 3.8) is 0 Å². The Kier molecular flexibility index (Phi) is 5.50. The van der Waals surface area contributed by atoms with Crippen molar-refractivity contribution in [1.29, 1.82) is 0 Å². The van der Waals surface area contributed by atoms with Gasteiger partial charge < -0.3 is 4.42 Å². The number of furan rings is 1. The van der Waals surface area contributed by atoms with Crippen LogP contribution in [0.4, 0.5) is 24.5 Å². The van der Waals surface area contributed by atoms with Crippen LogP contribution in [0.25, 0.3) is 11.3 Å². The van der Waals surface area contributed by atoms with Crippen LogP contribution in [0, 0.1) is 10.1 Å². The summed E-state index contributed by atoms with van der Waals surface area (Å²) in [7, 11) is 0. The normalized spacial score (nSPS) is 11.7. The molecule has 10 heteroatoms. The summed E-state index contributed by atoms with van der Waals surface area (Å²) in [5, 5.41) is 14.5. The maximum atomic E-state index is 13.0. The second-order valence-corrected chi connectivity index (χ2v) is 6.42. The van der Waals surface area contributed by atoms with Crippen molar-refractivity contribution < 1.29 is 22.5 Å². The highest BCUT2D eigenvalue weighted by Crippen LogP contribution is 2.37. The number of nitro groups is 1. The van der Waals surface area contributed by atoms with E-state index in [0.717, 1.165) is 6.07 Å². The van der Waals surface area contributed by atoms with Gasteiger partial charge in [-0.1, -0.05) is 22.0 Å². The number of hydrazone groups is 1. The van der Waals surface area contributed by atoms with Gasteiger partial charge in [0.25, 0.3) is 5.69 Å². The van der Waals surface area contributed by atoms with Gasteiger partial charge in [-0.25, -0.2) is 0 Å². The molecule has 3 rings (SSSR count). The van der Waals surface area contributed by atoms with E-state index in [2.05, 4.69) is 26.5 Å². The molecule has 1 N–H and O–H groups in total. The zero-order valence-electron chi connectivity index (χ0n) is 13.9. The summed E-state index contributed by atoms with van der Waals surface area (Å²) < 4.78 is 44.5. The van der Waals surface area contributed by atoms with Gasteiger partial charge in [0, 0.05) is 22.2 Å². The zero-order valence-corrected chi connectivity index (χ0v) is 15.5. The fraction of sp³-hybridized carbons (Fsp3) is 0.0556. The first-order valence-corrected chi connectivity index (χ1v) is 8.54. The van der Waals surface area contributed by atoms with Crippen LogP contribution in [0.1, 0.15) is 11.3 Å². The molecule has 0 fully saturated rings. The molecule has 144 valence electrons. The summed E-state index contributed by atoms with van der Waals surface area (Å²) >= 11 is 2.90. The number of non-ortho nitro benzene ring substituents is 1. The molecule has 28 heavy (non-hydrogen) atoms. The van der Waals surface area contributed by atoms with E-state index < -0.39 is 16.7 Å². The molecule has 0 spiro atoms. The molecular weight excluding hydrogens is 443 g/mol. The maximum absolute atomic E-state index is 13.0. The SMILES string of the molecule is O=[N+]([O-])c1ccc(NN=Cc2ccc(-c3ccc(Br)c(C(F)(F)F)c3)o2)cc1. The van der Waals surface area contributed by atoms with Crippen molar-refractivity contribution in [1.82, 2.24) is 0 Å². The van der Waals surface area contributed by atoms with E-state index >= 15 is 0 Å². The smallest absolute Gasteiger partial charge is 0.417 e. The first-order valence-electron chi connectivity index (χ1n) is 7.74. The third-order valence-corrected chi connectivity index (χ3v) is 4.34. The van der Waals surface area contributed by atoms with Gasteiger partial charge in [0.1, 0.15) is 11.5 Å². The molecule has 0 aliphatic carbocycles. The minimum absolute atomic E-state index is 0.0436. The van der Waals surface area contributed by atoms with Crippen LogP contribution >= 0.6 is 15.9 Å². The second-order valence-electron chi connectivity index (χ2n) is 5.57. The Labute approximate surface area is 165 Å². The van der Waals surface area contributed by atoms with Gasteiger partial charge in [-0.05, 0) is 36.4 Å². The number of hydrogen-bond acceptors (Lipinski definition) is 5. The maximum Gasteiger partial charge on any atom is 0.417 e. The largest absolute Gasteiger partial charge is 0.455 e. The van der Waals surface area contributed by atoms with Gasteiger partial charge in [-0.2, -0.15) is 18.3 Å². The molecule has 0 bridgehead atoms. The molecule has 3 aromatic rings. The lowest BCUT2D eigenvalue weighted by Crippen LogP contribution is -2.05. The van der Waals surface area contributed by atoms with Crippen molar-refractivity contribution in [2.45, 2.75) is 6.18 Å². The molecular formula is C18H11BrF3N3O3. The van der Waals surface area contributed by atoms with Crippen LogP contribution in [0.3, 0.4) is 0 Å². The fourth-order valence-electron chi connectivity index (χ4n) is 2.30. The van der Waals surface area contributed by atoms with Crippen LogP contribution < -0.4 is 5.43 Å². The molecule has 1 heterocycles. The standard InChI is InChI=1S/C18H11BrF3N3O3/c19-16-7-1-11(9-15(16)18(20,21)22)17-8-6-14(28-17)10-23-24-12-2-4-13(5-3-12)25(26)27/h1-10,24H. The Morgan fingerprint density at radius 2 is 1.82 bits per heavy atom. The highest BCUT2D eigenvalue weighted by molar-refractivity contribution is 9.10. The first-order chi connectivity index (χ1) is 13.2. The Morgan fingerprint density at radius 1 is 1.11 bits per heavy atom. The van der Waals surface area contributed by atoms with E-state index in [9.17, 15) is 23.3 Å². The molecule has 0 saturated heterocycles. The zero-order chi connectivity index (χ0) is 20.3. The third-order valence-electron chi connectivity index (χ3n) is 3.65. The Morgan fingerprint density at radius 3 is 2.46 bits per heavy atom. The van der Waals surface area contributed by atoms with E-state index in [1.54, 1.807) is 6.07 Å². The number of nitrogens with one attached hydrogen (secondary N) is 1. The monoisotopic (exact) mass is 453 g/mol. The molecule has 0 aliphatic rings. The fourth-order valence-corrected chi connectivity index (χ4v) is 2.77. The summed E-state index contributed by atoms with van der Waals surface area (Å²) in [6.07, 6.45) is -3.14. The Hall–Kier alpha value is -3.14. The van der Waals surface area contributed by atoms with Gasteiger partial charge in [0.2, 0.25) is 0 Å². The Balaban J connectivity index is 1.72. The summed E-state index contributed by atoms with van der Waals surface area (Å²) in [6.45, 7) is 0. The van der Waals surface area contributed by atoms with Crippen LogP contribution in [-0.4, -0.2) is 11.1 Å². The number of nitro benzene ring substituents is 1. The minimum atomic E-state index is -4.49. The molecule has 0 saturated carbocycles. The van der Waals surface area contributed by atoms with E-state index in [-0.39, 0.29) is 21.5 Å². The molecule has 6 nitrogen and oxygen atoms in total. The first kappa shape index (κ1) is 19.6. The third kappa shape index (κ3) is 4.58. The van der Waals surface area contributed by atoms with E-state index in [4.69, 9.17) is 4.42 Å². The van der Waals surface area contributed by atoms with E-state index in [1.165, 1.54) is 48.7 Å².